The number of benzene rings is 1. The molecule has 0 amide bonds. The van der Waals surface area contributed by atoms with Gasteiger partial charge in [-0.05, 0) is 31.2 Å². The van der Waals surface area contributed by atoms with Gasteiger partial charge in [-0.25, -0.2) is 0 Å². The van der Waals surface area contributed by atoms with Crippen LogP contribution in [0.4, 0.5) is 0 Å². The quantitative estimate of drug-likeness (QED) is 0.814. The average Bonchev–Trinajstić information content (AvgIpc) is 2.79. The summed E-state index contributed by atoms with van der Waals surface area (Å²) in [5.74, 6) is -0.112. The van der Waals surface area contributed by atoms with E-state index in [-0.39, 0.29) is 12.6 Å². The van der Waals surface area contributed by atoms with Gasteiger partial charge in [0, 0.05) is 16.4 Å². The fraction of sp³-hybridized carbons (Fsp3) is 0.267. The van der Waals surface area contributed by atoms with Crippen LogP contribution in [0.1, 0.15) is 18.7 Å². The van der Waals surface area contributed by atoms with Gasteiger partial charge in [0.05, 0.1) is 12.6 Å². The van der Waals surface area contributed by atoms with Crippen molar-refractivity contribution in [1.29, 1.82) is 0 Å². The number of nitrogens with zero attached hydrogens (tertiary/aromatic N) is 1. The molecule has 2 rings (SSSR count). The lowest BCUT2D eigenvalue weighted by Crippen LogP contribution is -2.32. The normalized spacial score (nSPS) is 12.8. The van der Waals surface area contributed by atoms with E-state index in [1.54, 1.807) is 11.0 Å². The first-order valence-electron chi connectivity index (χ1n) is 6.27. The summed E-state index contributed by atoms with van der Waals surface area (Å²) >= 11 is 3.42. The van der Waals surface area contributed by atoms with Crippen LogP contribution in [0.25, 0.3) is 11.0 Å². The summed E-state index contributed by atoms with van der Waals surface area (Å²) in [6.45, 7) is 6.04. The van der Waals surface area contributed by atoms with E-state index in [4.69, 9.17) is 9.52 Å². The van der Waals surface area contributed by atoms with Crippen molar-refractivity contribution < 1.29 is 14.3 Å². The van der Waals surface area contributed by atoms with Crippen LogP contribution >= 0.6 is 15.9 Å². The van der Waals surface area contributed by atoms with Gasteiger partial charge in [0.1, 0.15) is 11.3 Å². The molecule has 0 aliphatic rings. The van der Waals surface area contributed by atoms with E-state index in [1.165, 1.54) is 0 Å². The van der Waals surface area contributed by atoms with Gasteiger partial charge < -0.3 is 9.52 Å². The average molecular weight is 338 g/mol. The maximum absolute atomic E-state index is 10.9. The zero-order valence-electron chi connectivity index (χ0n) is 11.2. The molecule has 1 aromatic carbocycles. The molecule has 1 aromatic heterocycles. The molecule has 0 saturated heterocycles. The molecule has 20 heavy (non-hydrogen) atoms. The highest BCUT2D eigenvalue weighted by Gasteiger charge is 2.20. The molecule has 0 spiro atoms. The predicted octanol–water partition coefficient (Wildman–Crippen LogP) is 3.83. The van der Waals surface area contributed by atoms with E-state index < -0.39 is 5.97 Å². The highest BCUT2D eigenvalue weighted by atomic mass is 79.9. The fourth-order valence-electron chi connectivity index (χ4n) is 2.12. The van der Waals surface area contributed by atoms with Gasteiger partial charge in [0.2, 0.25) is 0 Å². The number of halogens is 1. The summed E-state index contributed by atoms with van der Waals surface area (Å²) < 4.78 is 6.79. The number of fused-ring (bicyclic) bond motifs is 1. The molecule has 0 aliphatic heterocycles. The highest BCUT2D eigenvalue weighted by molar-refractivity contribution is 9.10. The molecular formula is C15H16BrNO3. The maximum atomic E-state index is 10.9. The van der Waals surface area contributed by atoms with E-state index in [9.17, 15) is 4.79 Å². The van der Waals surface area contributed by atoms with Crippen molar-refractivity contribution in [3.05, 3.63) is 47.2 Å². The Balaban J connectivity index is 2.30. The first-order chi connectivity index (χ1) is 9.51. The van der Waals surface area contributed by atoms with Crippen LogP contribution in [0.15, 0.2) is 45.8 Å². The molecule has 1 unspecified atom stereocenters. The number of carbonyl (C=O) groups is 1. The summed E-state index contributed by atoms with van der Waals surface area (Å²) in [7, 11) is 0. The first kappa shape index (κ1) is 14.8. The molecule has 1 heterocycles. The first-order valence-corrected chi connectivity index (χ1v) is 7.06. The summed E-state index contributed by atoms with van der Waals surface area (Å²) in [5.41, 5.74) is 0.795. The number of carboxylic acids is 1. The lowest BCUT2D eigenvalue weighted by Gasteiger charge is -2.24. The third-order valence-electron chi connectivity index (χ3n) is 3.16. The topological polar surface area (TPSA) is 53.7 Å². The van der Waals surface area contributed by atoms with Crippen LogP contribution in [0.3, 0.4) is 0 Å². The summed E-state index contributed by atoms with van der Waals surface area (Å²) in [5, 5.41) is 9.97. The van der Waals surface area contributed by atoms with E-state index >= 15 is 0 Å². The molecule has 2 aromatic rings. The van der Waals surface area contributed by atoms with Crippen molar-refractivity contribution in [2.45, 2.75) is 13.0 Å². The molecule has 0 aliphatic carbocycles. The van der Waals surface area contributed by atoms with Crippen LogP contribution < -0.4 is 0 Å². The van der Waals surface area contributed by atoms with Crippen LogP contribution in [0, 0.1) is 0 Å². The molecule has 0 saturated carbocycles. The van der Waals surface area contributed by atoms with Crippen molar-refractivity contribution in [2.24, 2.45) is 0 Å². The summed E-state index contributed by atoms with van der Waals surface area (Å²) in [6, 6.07) is 7.60. The number of rotatable bonds is 6. The Bertz CT molecular complexity index is 635. The van der Waals surface area contributed by atoms with Gasteiger partial charge >= 0.3 is 5.97 Å². The summed E-state index contributed by atoms with van der Waals surface area (Å²) in [4.78, 5) is 12.7. The standard InChI is InChI=1S/C15H16BrNO3/c1-3-6-17(9-15(18)19)10(2)14-8-11-7-12(16)4-5-13(11)20-14/h3-5,7-8,10H,1,6,9H2,2H3,(H,18,19). The molecular weight excluding hydrogens is 322 g/mol. The predicted molar refractivity (Wildman–Crippen MR) is 81.7 cm³/mol. The highest BCUT2D eigenvalue weighted by Crippen LogP contribution is 2.29. The van der Waals surface area contributed by atoms with E-state index in [0.717, 1.165) is 21.2 Å². The Kier molecular flexibility index (Phi) is 4.62. The van der Waals surface area contributed by atoms with Crippen molar-refractivity contribution in [1.82, 2.24) is 4.90 Å². The molecule has 0 bridgehead atoms. The Labute approximate surface area is 125 Å². The van der Waals surface area contributed by atoms with E-state index in [2.05, 4.69) is 22.5 Å². The van der Waals surface area contributed by atoms with Crippen LogP contribution in [0.5, 0.6) is 0 Å². The van der Waals surface area contributed by atoms with E-state index in [1.807, 2.05) is 31.2 Å². The second-order valence-electron chi connectivity index (χ2n) is 4.62. The fourth-order valence-corrected chi connectivity index (χ4v) is 2.50. The monoisotopic (exact) mass is 337 g/mol. The van der Waals surface area contributed by atoms with Gasteiger partial charge in [0.15, 0.2) is 0 Å². The maximum Gasteiger partial charge on any atom is 0.317 e. The third kappa shape index (κ3) is 3.29. The smallest absolute Gasteiger partial charge is 0.317 e. The van der Waals surface area contributed by atoms with Crippen molar-refractivity contribution in [2.75, 3.05) is 13.1 Å². The van der Waals surface area contributed by atoms with Gasteiger partial charge in [0.25, 0.3) is 0 Å². The SMILES string of the molecule is C=CCN(CC(=O)O)C(C)c1cc2cc(Br)ccc2o1. The van der Waals surface area contributed by atoms with Gasteiger partial charge in [-0.15, -0.1) is 6.58 Å². The molecule has 1 atom stereocenters. The third-order valence-corrected chi connectivity index (χ3v) is 3.65. The van der Waals surface area contributed by atoms with Crippen molar-refractivity contribution in [3.8, 4) is 0 Å². The number of hydrogen-bond donors (Lipinski definition) is 1. The Morgan fingerprint density at radius 2 is 2.30 bits per heavy atom. The number of furan rings is 1. The van der Waals surface area contributed by atoms with Gasteiger partial charge in [-0.2, -0.15) is 0 Å². The zero-order valence-corrected chi connectivity index (χ0v) is 12.8. The Morgan fingerprint density at radius 3 is 2.95 bits per heavy atom. The second kappa shape index (κ2) is 6.24. The van der Waals surface area contributed by atoms with Gasteiger partial charge in [-0.3, -0.25) is 9.69 Å². The second-order valence-corrected chi connectivity index (χ2v) is 5.53. The number of carboxylic acid groups (broad SMARTS) is 1. The zero-order chi connectivity index (χ0) is 14.7. The lowest BCUT2D eigenvalue weighted by molar-refractivity contribution is -0.138. The molecule has 4 nitrogen and oxygen atoms in total. The van der Waals surface area contributed by atoms with Crippen LogP contribution in [0.2, 0.25) is 0 Å². The molecule has 5 heteroatoms. The van der Waals surface area contributed by atoms with Crippen LogP contribution in [-0.2, 0) is 4.79 Å². The van der Waals surface area contributed by atoms with Crippen molar-refractivity contribution in [3.63, 3.8) is 0 Å². The molecule has 106 valence electrons. The minimum Gasteiger partial charge on any atom is -0.480 e. The Hall–Kier alpha value is -1.59. The Morgan fingerprint density at radius 1 is 1.55 bits per heavy atom. The largest absolute Gasteiger partial charge is 0.480 e. The van der Waals surface area contributed by atoms with Gasteiger partial charge in [-0.1, -0.05) is 22.0 Å². The van der Waals surface area contributed by atoms with Crippen molar-refractivity contribution >= 4 is 32.9 Å². The minimum absolute atomic E-state index is 0.0477. The molecule has 0 fully saturated rings. The number of hydrogen-bond acceptors (Lipinski definition) is 3. The molecule has 1 N–H and O–H groups in total. The molecule has 0 radical (unpaired) electrons. The van der Waals surface area contributed by atoms with E-state index in [0.29, 0.717) is 6.54 Å². The lowest BCUT2D eigenvalue weighted by atomic mass is 10.2. The summed E-state index contributed by atoms with van der Waals surface area (Å²) in [6.07, 6.45) is 1.69. The van der Waals surface area contributed by atoms with Crippen LogP contribution in [-0.4, -0.2) is 29.1 Å². The minimum atomic E-state index is -0.863. The number of aliphatic carboxylic acids is 1.